The van der Waals surface area contributed by atoms with Crippen molar-refractivity contribution in [2.24, 2.45) is 0 Å². The van der Waals surface area contributed by atoms with Crippen molar-refractivity contribution in [2.45, 2.75) is 25.9 Å². The molecule has 3 heteroatoms. The molecule has 0 bridgehead atoms. The Hall–Kier alpha value is -2.91. The standard InChI is InChI=1S/C24H26N2O/c1-18-13-15-22(16-14-18)24(21-11-7-4-8-12-21)25-17-23(27)26-19(2)20-9-5-3-6-10-20/h3-16,19,24-25H,17H2,1-2H3,(H,26,27)/p+1/t19-,24-/m1/s1. The van der Waals surface area contributed by atoms with Crippen LogP contribution >= 0.6 is 0 Å². The van der Waals surface area contributed by atoms with E-state index in [1.165, 1.54) is 16.7 Å². The van der Waals surface area contributed by atoms with Crippen LogP contribution in [-0.2, 0) is 4.79 Å². The number of hydrogen-bond donors (Lipinski definition) is 2. The fourth-order valence-electron chi connectivity index (χ4n) is 3.25. The molecule has 0 fully saturated rings. The zero-order valence-corrected chi connectivity index (χ0v) is 15.9. The normalized spacial score (nSPS) is 13.0. The van der Waals surface area contributed by atoms with Gasteiger partial charge >= 0.3 is 0 Å². The highest BCUT2D eigenvalue weighted by molar-refractivity contribution is 5.77. The Morgan fingerprint density at radius 1 is 0.815 bits per heavy atom. The summed E-state index contributed by atoms with van der Waals surface area (Å²) in [6.45, 7) is 4.48. The number of benzene rings is 3. The summed E-state index contributed by atoms with van der Waals surface area (Å²) in [6.07, 6.45) is 0. The predicted molar refractivity (Wildman–Crippen MR) is 109 cm³/mol. The Bertz CT molecular complexity index is 845. The van der Waals surface area contributed by atoms with E-state index in [4.69, 9.17) is 0 Å². The predicted octanol–water partition coefficient (Wildman–Crippen LogP) is 3.53. The average Bonchev–Trinajstić information content (AvgIpc) is 2.71. The van der Waals surface area contributed by atoms with Crippen molar-refractivity contribution in [1.82, 2.24) is 5.32 Å². The molecule has 0 aliphatic heterocycles. The molecule has 0 saturated carbocycles. The molecule has 27 heavy (non-hydrogen) atoms. The third-order valence-electron chi connectivity index (χ3n) is 4.81. The maximum atomic E-state index is 12.5. The van der Waals surface area contributed by atoms with Crippen LogP contribution in [0.4, 0.5) is 0 Å². The lowest BCUT2D eigenvalue weighted by Crippen LogP contribution is -2.87. The SMILES string of the molecule is Cc1ccc([C@H]([NH2+]CC(=O)N[C@H](C)c2ccccc2)c2ccccc2)cc1. The molecule has 0 aromatic heterocycles. The van der Waals surface area contributed by atoms with E-state index in [0.717, 1.165) is 5.56 Å². The molecule has 0 unspecified atom stereocenters. The van der Waals surface area contributed by atoms with Crippen LogP contribution in [0.25, 0.3) is 0 Å². The second kappa shape index (κ2) is 9.15. The molecule has 1 amide bonds. The van der Waals surface area contributed by atoms with E-state index in [1.54, 1.807) is 0 Å². The Labute approximate surface area is 161 Å². The number of nitrogens with two attached hydrogens (primary N) is 1. The highest BCUT2D eigenvalue weighted by atomic mass is 16.1. The summed E-state index contributed by atoms with van der Waals surface area (Å²) < 4.78 is 0. The average molecular weight is 359 g/mol. The van der Waals surface area contributed by atoms with Crippen molar-refractivity contribution in [3.63, 3.8) is 0 Å². The Morgan fingerprint density at radius 3 is 1.93 bits per heavy atom. The Kier molecular flexibility index (Phi) is 6.39. The number of aryl methyl sites for hydroxylation is 1. The smallest absolute Gasteiger partial charge is 0.275 e. The first-order valence-corrected chi connectivity index (χ1v) is 9.42. The summed E-state index contributed by atoms with van der Waals surface area (Å²) in [7, 11) is 0. The minimum absolute atomic E-state index is 0.00153. The molecule has 3 N–H and O–H groups in total. The number of amides is 1. The molecule has 0 radical (unpaired) electrons. The van der Waals surface area contributed by atoms with E-state index in [1.807, 2.05) is 55.5 Å². The summed E-state index contributed by atoms with van der Waals surface area (Å²) in [5.41, 5.74) is 4.75. The van der Waals surface area contributed by atoms with E-state index in [0.29, 0.717) is 6.54 Å². The minimum Gasteiger partial charge on any atom is -0.345 e. The van der Waals surface area contributed by atoms with Crippen LogP contribution in [0.2, 0.25) is 0 Å². The van der Waals surface area contributed by atoms with Gasteiger partial charge in [-0.2, -0.15) is 0 Å². The molecule has 138 valence electrons. The van der Waals surface area contributed by atoms with Crippen LogP contribution in [-0.4, -0.2) is 12.5 Å². The van der Waals surface area contributed by atoms with Crippen molar-refractivity contribution in [2.75, 3.05) is 6.54 Å². The number of carbonyl (C=O) groups is 1. The third kappa shape index (κ3) is 5.28. The van der Waals surface area contributed by atoms with Crippen LogP contribution in [0.3, 0.4) is 0 Å². The fraction of sp³-hybridized carbons (Fsp3) is 0.208. The van der Waals surface area contributed by atoms with Crippen molar-refractivity contribution in [3.8, 4) is 0 Å². The van der Waals surface area contributed by atoms with Crippen LogP contribution < -0.4 is 10.6 Å². The van der Waals surface area contributed by atoms with E-state index in [-0.39, 0.29) is 18.0 Å². The minimum atomic E-state index is 0.00153. The monoisotopic (exact) mass is 359 g/mol. The van der Waals surface area contributed by atoms with Gasteiger partial charge in [0.05, 0.1) is 6.04 Å². The lowest BCUT2D eigenvalue weighted by molar-refractivity contribution is -0.676. The van der Waals surface area contributed by atoms with Gasteiger partial charge < -0.3 is 10.6 Å². The molecule has 0 saturated heterocycles. The zero-order chi connectivity index (χ0) is 19.1. The molecule has 0 spiro atoms. The molecular weight excluding hydrogens is 332 g/mol. The molecule has 3 aromatic rings. The summed E-state index contributed by atoms with van der Waals surface area (Å²) in [4.78, 5) is 12.5. The van der Waals surface area contributed by atoms with Gasteiger partial charge in [0.2, 0.25) is 0 Å². The fourth-order valence-corrected chi connectivity index (χ4v) is 3.25. The number of hydrogen-bond acceptors (Lipinski definition) is 1. The molecule has 0 aliphatic rings. The first-order valence-electron chi connectivity index (χ1n) is 9.42. The number of carbonyl (C=O) groups excluding carboxylic acids is 1. The molecule has 3 aromatic carbocycles. The molecular formula is C24H27N2O+. The summed E-state index contributed by atoms with van der Waals surface area (Å²) >= 11 is 0. The lowest BCUT2D eigenvalue weighted by Gasteiger charge is -2.18. The van der Waals surface area contributed by atoms with Gasteiger partial charge in [-0.05, 0) is 19.4 Å². The van der Waals surface area contributed by atoms with Gasteiger partial charge in [-0.25, -0.2) is 0 Å². The van der Waals surface area contributed by atoms with Crippen molar-refractivity contribution >= 4 is 5.91 Å². The highest BCUT2D eigenvalue weighted by Crippen LogP contribution is 2.18. The number of quaternary nitrogens is 1. The number of rotatable bonds is 7. The van der Waals surface area contributed by atoms with Gasteiger partial charge in [-0.3, -0.25) is 4.79 Å². The topological polar surface area (TPSA) is 45.7 Å². The Morgan fingerprint density at radius 2 is 1.33 bits per heavy atom. The first-order chi connectivity index (χ1) is 13.1. The maximum absolute atomic E-state index is 12.5. The van der Waals surface area contributed by atoms with Gasteiger partial charge in [-0.15, -0.1) is 0 Å². The second-order valence-electron chi connectivity index (χ2n) is 6.94. The molecule has 0 heterocycles. The molecule has 2 atom stereocenters. The molecule has 0 aliphatic carbocycles. The van der Waals surface area contributed by atoms with E-state index in [9.17, 15) is 4.79 Å². The molecule has 3 nitrogen and oxygen atoms in total. The van der Waals surface area contributed by atoms with E-state index < -0.39 is 0 Å². The lowest BCUT2D eigenvalue weighted by atomic mass is 9.98. The molecule has 3 rings (SSSR count). The maximum Gasteiger partial charge on any atom is 0.275 e. The van der Waals surface area contributed by atoms with Crippen LogP contribution in [0, 0.1) is 6.92 Å². The van der Waals surface area contributed by atoms with Gasteiger partial charge in [0.1, 0.15) is 6.04 Å². The quantitative estimate of drug-likeness (QED) is 0.666. The van der Waals surface area contributed by atoms with Crippen LogP contribution in [0.15, 0.2) is 84.9 Å². The first kappa shape index (κ1) is 18.9. The van der Waals surface area contributed by atoms with Crippen molar-refractivity contribution in [3.05, 3.63) is 107 Å². The van der Waals surface area contributed by atoms with Crippen LogP contribution in [0.5, 0.6) is 0 Å². The van der Waals surface area contributed by atoms with Crippen molar-refractivity contribution in [1.29, 1.82) is 0 Å². The highest BCUT2D eigenvalue weighted by Gasteiger charge is 2.19. The largest absolute Gasteiger partial charge is 0.345 e. The Balaban J connectivity index is 1.67. The van der Waals surface area contributed by atoms with E-state index >= 15 is 0 Å². The number of nitrogens with one attached hydrogen (secondary N) is 1. The summed E-state index contributed by atoms with van der Waals surface area (Å²) in [5, 5.41) is 5.20. The van der Waals surface area contributed by atoms with Gasteiger partial charge in [0, 0.05) is 11.1 Å². The van der Waals surface area contributed by atoms with E-state index in [2.05, 4.69) is 54.0 Å². The van der Waals surface area contributed by atoms with Gasteiger partial charge in [-0.1, -0.05) is 90.5 Å². The van der Waals surface area contributed by atoms with Crippen LogP contribution in [0.1, 0.15) is 41.3 Å². The van der Waals surface area contributed by atoms with Crippen molar-refractivity contribution < 1.29 is 10.1 Å². The summed E-state index contributed by atoms with van der Waals surface area (Å²) in [6, 6.07) is 29.0. The summed E-state index contributed by atoms with van der Waals surface area (Å²) in [5.74, 6) is 0.0411. The second-order valence-corrected chi connectivity index (χ2v) is 6.94. The third-order valence-corrected chi connectivity index (χ3v) is 4.81. The van der Waals surface area contributed by atoms with Gasteiger partial charge in [0.15, 0.2) is 6.54 Å². The zero-order valence-electron chi connectivity index (χ0n) is 15.9. The van der Waals surface area contributed by atoms with Gasteiger partial charge in [0.25, 0.3) is 5.91 Å².